The molecule has 1 aromatic rings. The fourth-order valence-corrected chi connectivity index (χ4v) is 4.15. The maximum Gasteiger partial charge on any atom is 0.243 e. The van der Waals surface area contributed by atoms with Crippen molar-refractivity contribution >= 4 is 28.3 Å². The molecule has 22 heavy (non-hydrogen) atoms. The molecule has 3 N–H and O–H groups in total. The van der Waals surface area contributed by atoms with E-state index in [0.29, 0.717) is 18.7 Å². The van der Waals surface area contributed by atoms with Crippen molar-refractivity contribution in [3.05, 3.63) is 29.8 Å². The van der Waals surface area contributed by atoms with Gasteiger partial charge >= 0.3 is 0 Å². The van der Waals surface area contributed by atoms with Crippen molar-refractivity contribution in [2.24, 2.45) is 5.73 Å². The summed E-state index contributed by atoms with van der Waals surface area (Å²) in [6.45, 7) is 1.18. The third-order valence-electron chi connectivity index (χ3n) is 3.57. The Morgan fingerprint density at radius 1 is 1.18 bits per heavy atom. The molecule has 1 aromatic carbocycles. The topological polar surface area (TPSA) is 92.5 Å². The van der Waals surface area contributed by atoms with Crippen molar-refractivity contribution in [2.75, 3.05) is 19.6 Å². The Hall–Kier alpha value is -1.15. The van der Waals surface area contributed by atoms with Crippen LogP contribution in [0.2, 0.25) is 0 Å². The molecule has 1 aliphatic rings. The first-order chi connectivity index (χ1) is 10.1. The van der Waals surface area contributed by atoms with Crippen LogP contribution in [0.1, 0.15) is 24.8 Å². The van der Waals surface area contributed by atoms with Crippen LogP contribution in [0.4, 0.5) is 0 Å². The zero-order valence-corrected chi connectivity index (χ0v) is 14.0. The Balaban J connectivity index is 0.00000242. The number of hydrogen-bond donors (Lipinski definition) is 2. The predicted octanol–water partition coefficient (Wildman–Crippen LogP) is 0.858. The summed E-state index contributed by atoms with van der Waals surface area (Å²) >= 11 is 0. The van der Waals surface area contributed by atoms with E-state index in [1.807, 2.05) is 0 Å². The average molecular weight is 348 g/mol. The number of carbonyl (C=O) groups excluding carboxylic acids is 1. The summed E-state index contributed by atoms with van der Waals surface area (Å²) in [6.07, 6.45) is 2.86. The molecule has 1 amide bonds. The maximum absolute atomic E-state index is 12.7. The lowest BCUT2D eigenvalue weighted by Gasteiger charge is -2.26. The molecule has 1 fully saturated rings. The van der Waals surface area contributed by atoms with Gasteiger partial charge < -0.3 is 11.1 Å². The molecule has 1 saturated heterocycles. The summed E-state index contributed by atoms with van der Waals surface area (Å²) in [7, 11) is -3.50. The highest BCUT2D eigenvalue weighted by Gasteiger charge is 2.27. The van der Waals surface area contributed by atoms with Crippen LogP contribution in [0, 0.1) is 0 Å². The molecular formula is C14H22ClN3O3S. The number of piperidine rings is 1. The highest BCUT2D eigenvalue weighted by atomic mass is 35.5. The van der Waals surface area contributed by atoms with E-state index in [1.54, 1.807) is 24.3 Å². The van der Waals surface area contributed by atoms with Gasteiger partial charge in [0.25, 0.3) is 0 Å². The summed E-state index contributed by atoms with van der Waals surface area (Å²) in [5, 5.41) is 2.62. The van der Waals surface area contributed by atoms with Crippen LogP contribution in [-0.2, 0) is 21.4 Å². The van der Waals surface area contributed by atoms with Gasteiger partial charge in [-0.05, 0) is 24.5 Å². The van der Waals surface area contributed by atoms with Crippen LogP contribution >= 0.6 is 12.4 Å². The van der Waals surface area contributed by atoms with E-state index < -0.39 is 10.0 Å². The second-order valence-corrected chi connectivity index (χ2v) is 6.96. The van der Waals surface area contributed by atoms with Crippen molar-refractivity contribution in [2.45, 2.75) is 30.7 Å². The molecule has 124 valence electrons. The molecule has 1 aliphatic heterocycles. The Labute approximate surface area is 137 Å². The van der Waals surface area contributed by atoms with Gasteiger partial charge in [-0.1, -0.05) is 24.6 Å². The standard InChI is InChI=1S/C14H21N3O3S.ClH/c15-10-14(18)16-11-12-6-2-3-7-13(12)21(19,20)17-8-4-1-5-9-17;/h2-3,6-7H,1,4-5,8-11,15H2,(H,16,18);1H. The second kappa shape index (κ2) is 8.47. The molecule has 2 rings (SSSR count). The molecule has 0 atom stereocenters. The van der Waals surface area contributed by atoms with Gasteiger partial charge in [0.15, 0.2) is 0 Å². The van der Waals surface area contributed by atoms with Gasteiger partial charge in [0.1, 0.15) is 0 Å². The molecule has 0 unspecified atom stereocenters. The number of amides is 1. The van der Waals surface area contributed by atoms with Gasteiger partial charge in [-0.25, -0.2) is 8.42 Å². The summed E-state index contributed by atoms with van der Waals surface area (Å²) in [5.74, 6) is -0.305. The molecule has 6 nitrogen and oxygen atoms in total. The van der Waals surface area contributed by atoms with E-state index in [2.05, 4.69) is 5.32 Å². The van der Waals surface area contributed by atoms with Crippen molar-refractivity contribution in [3.8, 4) is 0 Å². The van der Waals surface area contributed by atoms with Crippen LogP contribution in [0.15, 0.2) is 29.2 Å². The molecule has 0 aromatic heterocycles. The maximum atomic E-state index is 12.7. The van der Waals surface area contributed by atoms with Gasteiger partial charge in [-0.15, -0.1) is 12.4 Å². The van der Waals surface area contributed by atoms with Gasteiger partial charge in [-0.2, -0.15) is 4.31 Å². The van der Waals surface area contributed by atoms with E-state index in [4.69, 9.17) is 5.73 Å². The minimum Gasteiger partial charge on any atom is -0.351 e. The van der Waals surface area contributed by atoms with Crippen LogP contribution < -0.4 is 11.1 Å². The lowest BCUT2D eigenvalue weighted by Crippen LogP contribution is -2.36. The summed E-state index contributed by atoms with van der Waals surface area (Å²) in [6, 6.07) is 6.77. The van der Waals surface area contributed by atoms with Gasteiger partial charge in [-0.3, -0.25) is 4.79 Å². The number of nitrogens with zero attached hydrogens (tertiary/aromatic N) is 1. The quantitative estimate of drug-likeness (QED) is 0.826. The normalized spacial score (nSPS) is 15.9. The SMILES string of the molecule is Cl.NCC(=O)NCc1ccccc1S(=O)(=O)N1CCCCC1. The summed E-state index contributed by atoms with van der Waals surface area (Å²) in [5.41, 5.74) is 5.83. The van der Waals surface area contributed by atoms with Crippen molar-refractivity contribution in [1.29, 1.82) is 0 Å². The predicted molar refractivity (Wildman–Crippen MR) is 87.2 cm³/mol. The Morgan fingerprint density at radius 2 is 1.82 bits per heavy atom. The lowest BCUT2D eigenvalue weighted by molar-refractivity contribution is -0.119. The van der Waals surface area contributed by atoms with Crippen LogP contribution in [0.3, 0.4) is 0 Å². The monoisotopic (exact) mass is 347 g/mol. The Morgan fingerprint density at radius 3 is 2.45 bits per heavy atom. The summed E-state index contributed by atoms with van der Waals surface area (Å²) < 4.78 is 26.9. The van der Waals surface area contributed by atoms with Crippen LogP contribution in [-0.4, -0.2) is 38.3 Å². The number of nitrogens with two attached hydrogens (primary N) is 1. The number of rotatable bonds is 5. The van der Waals surface area contributed by atoms with Crippen molar-refractivity contribution in [1.82, 2.24) is 9.62 Å². The molecule has 0 saturated carbocycles. The van der Waals surface area contributed by atoms with Gasteiger partial charge in [0.05, 0.1) is 11.4 Å². The third kappa shape index (κ3) is 4.42. The fourth-order valence-electron chi connectivity index (χ4n) is 2.41. The minimum absolute atomic E-state index is 0. The molecule has 0 spiro atoms. The van der Waals surface area contributed by atoms with Crippen molar-refractivity contribution in [3.63, 3.8) is 0 Å². The Bertz CT molecular complexity index is 601. The average Bonchev–Trinajstić information content (AvgIpc) is 2.53. The lowest BCUT2D eigenvalue weighted by atomic mass is 10.2. The third-order valence-corrected chi connectivity index (χ3v) is 5.57. The van der Waals surface area contributed by atoms with E-state index in [9.17, 15) is 13.2 Å². The molecule has 0 radical (unpaired) electrons. The number of carbonyl (C=O) groups is 1. The largest absolute Gasteiger partial charge is 0.351 e. The van der Waals surface area contributed by atoms with Crippen LogP contribution in [0.5, 0.6) is 0 Å². The smallest absolute Gasteiger partial charge is 0.243 e. The first kappa shape index (κ1) is 18.9. The van der Waals surface area contributed by atoms with Gasteiger partial charge in [0.2, 0.25) is 15.9 Å². The van der Waals surface area contributed by atoms with E-state index in [-0.39, 0.29) is 36.3 Å². The van der Waals surface area contributed by atoms with Crippen LogP contribution in [0.25, 0.3) is 0 Å². The number of nitrogens with one attached hydrogen (secondary N) is 1. The first-order valence-electron chi connectivity index (χ1n) is 7.10. The number of halogens is 1. The fraction of sp³-hybridized carbons (Fsp3) is 0.500. The molecule has 0 aliphatic carbocycles. The first-order valence-corrected chi connectivity index (χ1v) is 8.54. The number of benzene rings is 1. The molecular weight excluding hydrogens is 326 g/mol. The van der Waals surface area contributed by atoms with E-state index in [1.165, 1.54) is 4.31 Å². The zero-order chi connectivity index (χ0) is 15.3. The van der Waals surface area contributed by atoms with E-state index >= 15 is 0 Å². The minimum atomic E-state index is -3.50. The molecule has 0 bridgehead atoms. The molecule has 8 heteroatoms. The number of sulfonamides is 1. The van der Waals surface area contributed by atoms with E-state index in [0.717, 1.165) is 19.3 Å². The van der Waals surface area contributed by atoms with Crippen molar-refractivity contribution < 1.29 is 13.2 Å². The van der Waals surface area contributed by atoms with Gasteiger partial charge in [0, 0.05) is 19.6 Å². The molecule has 1 heterocycles. The summed E-state index contributed by atoms with van der Waals surface area (Å²) in [4.78, 5) is 11.5. The zero-order valence-electron chi connectivity index (χ0n) is 12.3. The highest BCUT2D eigenvalue weighted by Crippen LogP contribution is 2.23. The second-order valence-electron chi connectivity index (χ2n) is 5.05. The highest BCUT2D eigenvalue weighted by molar-refractivity contribution is 7.89. The number of hydrogen-bond acceptors (Lipinski definition) is 4. The Kier molecular flexibility index (Phi) is 7.28.